The predicted octanol–water partition coefficient (Wildman–Crippen LogP) is 2.68. The van der Waals surface area contributed by atoms with Gasteiger partial charge < -0.3 is 9.47 Å². The summed E-state index contributed by atoms with van der Waals surface area (Å²) in [5, 5.41) is 0. The molecule has 1 aromatic carbocycles. The molecular formula is C16H15FN2O3. The minimum Gasteiger partial charge on any atom is -0.421 e. The van der Waals surface area contributed by atoms with E-state index in [4.69, 9.17) is 9.47 Å². The second-order valence-electron chi connectivity index (χ2n) is 5.15. The van der Waals surface area contributed by atoms with Gasteiger partial charge in [-0.15, -0.1) is 0 Å². The Morgan fingerprint density at radius 2 is 2.14 bits per heavy atom. The summed E-state index contributed by atoms with van der Waals surface area (Å²) in [7, 11) is 0. The average Bonchev–Trinajstić information content (AvgIpc) is 3.04. The van der Waals surface area contributed by atoms with E-state index in [1.165, 1.54) is 12.1 Å². The van der Waals surface area contributed by atoms with E-state index < -0.39 is 17.9 Å². The summed E-state index contributed by atoms with van der Waals surface area (Å²) < 4.78 is 24.4. The largest absolute Gasteiger partial charge is 0.421 e. The molecule has 0 saturated carbocycles. The summed E-state index contributed by atoms with van der Waals surface area (Å²) >= 11 is 0. The summed E-state index contributed by atoms with van der Waals surface area (Å²) in [6, 6.07) is 4.27. The van der Waals surface area contributed by atoms with Crippen molar-refractivity contribution in [3.8, 4) is 17.1 Å². The summed E-state index contributed by atoms with van der Waals surface area (Å²) in [5.74, 6) is -0.887. The van der Waals surface area contributed by atoms with Crippen LogP contribution in [0.4, 0.5) is 4.39 Å². The summed E-state index contributed by atoms with van der Waals surface area (Å²) in [4.78, 5) is 20.1. The van der Waals surface area contributed by atoms with Gasteiger partial charge in [-0.25, -0.2) is 19.2 Å². The lowest BCUT2D eigenvalue weighted by Crippen LogP contribution is -2.25. The van der Waals surface area contributed by atoms with E-state index >= 15 is 0 Å². The lowest BCUT2D eigenvalue weighted by Gasteiger charge is -2.10. The van der Waals surface area contributed by atoms with Crippen LogP contribution in [0.15, 0.2) is 30.6 Å². The van der Waals surface area contributed by atoms with Crippen molar-refractivity contribution in [2.75, 3.05) is 6.61 Å². The maximum Gasteiger partial charge on any atom is 0.340 e. The van der Waals surface area contributed by atoms with E-state index in [0.29, 0.717) is 24.4 Å². The van der Waals surface area contributed by atoms with E-state index in [2.05, 4.69) is 9.97 Å². The topological polar surface area (TPSA) is 61.3 Å². The molecule has 1 aromatic heterocycles. The molecule has 6 heteroatoms. The number of aryl methyl sites for hydroxylation is 1. The zero-order valence-electron chi connectivity index (χ0n) is 12.1. The van der Waals surface area contributed by atoms with Gasteiger partial charge in [-0.3, -0.25) is 0 Å². The smallest absolute Gasteiger partial charge is 0.340 e. The Kier molecular flexibility index (Phi) is 4.11. The third-order valence-corrected chi connectivity index (χ3v) is 3.37. The van der Waals surface area contributed by atoms with Gasteiger partial charge in [0.15, 0.2) is 23.5 Å². The number of hydrogen-bond acceptors (Lipinski definition) is 5. The fraction of sp³-hybridized carbons (Fsp3) is 0.312. The van der Waals surface area contributed by atoms with E-state index in [-0.39, 0.29) is 5.75 Å². The van der Waals surface area contributed by atoms with Crippen molar-refractivity contribution in [1.29, 1.82) is 0 Å². The van der Waals surface area contributed by atoms with Gasteiger partial charge in [0.05, 0.1) is 0 Å². The van der Waals surface area contributed by atoms with Crippen molar-refractivity contribution in [3.63, 3.8) is 0 Å². The van der Waals surface area contributed by atoms with E-state index in [1.807, 2.05) is 6.92 Å². The second-order valence-corrected chi connectivity index (χ2v) is 5.15. The summed E-state index contributed by atoms with van der Waals surface area (Å²) in [5.41, 5.74) is 1.45. The van der Waals surface area contributed by atoms with Crippen LogP contribution in [0.3, 0.4) is 0 Å². The molecule has 3 rings (SSSR count). The molecule has 0 radical (unpaired) electrons. The van der Waals surface area contributed by atoms with Crippen molar-refractivity contribution in [3.05, 3.63) is 42.0 Å². The van der Waals surface area contributed by atoms with Gasteiger partial charge in [-0.05, 0) is 43.5 Å². The van der Waals surface area contributed by atoms with Gasteiger partial charge in [0.2, 0.25) is 0 Å². The standard InChI is InChI=1S/C16H15FN2O3/c1-10-8-18-15(19-9-10)11-4-5-13(12(17)7-11)22-16(20)14-3-2-6-21-14/h4-5,7-9,14H,2-3,6H2,1H3. The molecule has 1 fully saturated rings. The Balaban J connectivity index is 1.77. The highest BCUT2D eigenvalue weighted by Crippen LogP contribution is 2.24. The van der Waals surface area contributed by atoms with Crippen molar-refractivity contribution in [2.24, 2.45) is 0 Å². The number of halogens is 1. The molecule has 114 valence electrons. The van der Waals surface area contributed by atoms with Gasteiger partial charge in [-0.2, -0.15) is 0 Å². The van der Waals surface area contributed by atoms with Crippen LogP contribution in [0.25, 0.3) is 11.4 Å². The lowest BCUT2D eigenvalue weighted by atomic mass is 10.2. The monoisotopic (exact) mass is 302 g/mol. The van der Waals surface area contributed by atoms with Crippen LogP contribution in [0.1, 0.15) is 18.4 Å². The molecule has 1 saturated heterocycles. The average molecular weight is 302 g/mol. The fourth-order valence-electron chi connectivity index (χ4n) is 2.20. The van der Waals surface area contributed by atoms with Gasteiger partial charge in [0.1, 0.15) is 0 Å². The maximum atomic E-state index is 14.1. The van der Waals surface area contributed by atoms with Crippen LogP contribution in [-0.2, 0) is 9.53 Å². The molecule has 1 atom stereocenters. The molecule has 2 aromatic rings. The van der Waals surface area contributed by atoms with Crippen LogP contribution in [0.5, 0.6) is 5.75 Å². The lowest BCUT2D eigenvalue weighted by molar-refractivity contribution is -0.144. The van der Waals surface area contributed by atoms with Gasteiger partial charge >= 0.3 is 5.97 Å². The molecule has 1 aliphatic heterocycles. The van der Waals surface area contributed by atoms with E-state index in [0.717, 1.165) is 12.0 Å². The molecule has 0 spiro atoms. The number of hydrogen-bond donors (Lipinski definition) is 0. The number of aromatic nitrogens is 2. The molecule has 1 aliphatic rings. The van der Waals surface area contributed by atoms with Crippen LogP contribution in [0, 0.1) is 12.7 Å². The highest BCUT2D eigenvalue weighted by atomic mass is 19.1. The number of carbonyl (C=O) groups is 1. The Bertz CT molecular complexity index is 682. The number of ether oxygens (including phenoxy) is 2. The van der Waals surface area contributed by atoms with Crippen molar-refractivity contribution in [2.45, 2.75) is 25.9 Å². The molecule has 5 nitrogen and oxygen atoms in total. The number of benzene rings is 1. The third-order valence-electron chi connectivity index (χ3n) is 3.37. The van der Waals surface area contributed by atoms with Gasteiger partial charge in [-0.1, -0.05) is 0 Å². The molecule has 1 unspecified atom stereocenters. The first-order valence-electron chi connectivity index (χ1n) is 7.05. The maximum absolute atomic E-state index is 14.1. The molecule has 22 heavy (non-hydrogen) atoms. The van der Waals surface area contributed by atoms with Crippen molar-refractivity contribution in [1.82, 2.24) is 9.97 Å². The third kappa shape index (κ3) is 3.12. The highest BCUT2D eigenvalue weighted by Gasteiger charge is 2.26. The zero-order chi connectivity index (χ0) is 15.5. The normalized spacial score (nSPS) is 17.5. The quantitative estimate of drug-likeness (QED) is 0.644. The Labute approximate surface area is 127 Å². The van der Waals surface area contributed by atoms with Gasteiger partial charge in [0, 0.05) is 24.6 Å². The van der Waals surface area contributed by atoms with E-state index in [9.17, 15) is 9.18 Å². The molecular weight excluding hydrogens is 287 g/mol. The van der Waals surface area contributed by atoms with Crippen LogP contribution >= 0.6 is 0 Å². The first kappa shape index (κ1) is 14.6. The number of carbonyl (C=O) groups excluding carboxylic acids is 1. The number of rotatable bonds is 3. The minimum absolute atomic E-state index is 0.114. The molecule has 0 N–H and O–H groups in total. The van der Waals surface area contributed by atoms with Gasteiger partial charge in [0.25, 0.3) is 0 Å². The summed E-state index contributed by atoms with van der Waals surface area (Å²) in [6.45, 7) is 2.41. The van der Waals surface area contributed by atoms with E-state index in [1.54, 1.807) is 18.5 Å². The van der Waals surface area contributed by atoms with Crippen molar-refractivity contribution < 1.29 is 18.7 Å². The Hall–Kier alpha value is -2.34. The Morgan fingerprint density at radius 1 is 1.36 bits per heavy atom. The first-order chi connectivity index (χ1) is 10.6. The molecule has 0 bridgehead atoms. The van der Waals surface area contributed by atoms with Crippen LogP contribution in [-0.4, -0.2) is 28.6 Å². The second kappa shape index (κ2) is 6.19. The number of nitrogens with zero attached hydrogens (tertiary/aromatic N) is 2. The Morgan fingerprint density at radius 3 is 2.77 bits per heavy atom. The van der Waals surface area contributed by atoms with Crippen LogP contribution in [0.2, 0.25) is 0 Å². The predicted molar refractivity (Wildman–Crippen MR) is 76.8 cm³/mol. The first-order valence-corrected chi connectivity index (χ1v) is 7.05. The minimum atomic E-state index is -0.631. The summed E-state index contributed by atoms with van der Waals surface area (Å²) in [6.07, 6.45) is 4.14. The fourth-order valence-corrected chi connectivity index (χ4v) is 2.20. The molecule has 0 amide bonds. The van der Waals surface area contributed by atoms with Crippen LogP contribution < -0.4 is 4.74 Å². The SMILES string of the molecule is Cc1cnc(-c2ccc(OC(=O)C3CCCO3)c(F)c2)nc1. The van der Waals surface area contributed by atoms with Crippen molar-refractivity contribution >= 4 is 5.97 Å². The molecule has 2 heterocycles. The highest BCUT2D eigenvalue weighted by molar-refractivity contribution is 5.77. The zero-order valence-corrected chi connectivity index (χ0v) is 12.1. The molecule has 0 aliphatic carbocycles. The number of esters is 1.